The fraction of sp³-hybridized carbons (Fsp3) is 0.333. The number of allylic oxidation sites excluding steroid dienone is 4. The highest BCUT2D eigenvalue weighted by Gasteiger charge is 2.49. The lowest BCUT2D eigenvalue weighted by Gasteiger charge is -2.47. The van der Waals surface area contributed by atoms with Gasteiger partial charge in [0.05, 0.1) is 19.9 Å². The summed E-state index contributed by atoms with van der Waals surface area (Å²) in [4.78, 5) is 26.6. The van der Waals surface area contributed by atoms with Crippen molar-refractivity contribution in [2.75, 3.05) is 0 Å². The van der Waals surface area contributed by atoms with Crippen molar-refractivity contribution in [2.45, 2.75) is 44.3 Å². The van der Waals surface area contributed by atoms with E-state index in [1.54, 1.807) is 12.2 Å². The van der Waals surface area contributed by atoms with Crippen LogP contribution in [0.25, 0.3) is 0 Å². The van der Waals surface area contributed by atoms with Gasteiger partial charge in [0.1, 0.15) is 5.76 Å². The second-order valence-corrected chi connectivity index (χ2v) is 15.1. The van der Waals surface area contributed by atoms with E-state index in [4.69, 9.17) is 0 Å². The third-order valence-corrected chi connectivity index (χ3v) is 13.5. The normalized spacial score (nSPS) is 27.3. The number of ketones is 2. The van der Waals surface area contributed by atoms with Crippen LogP contribution in [-0.2, 0) is 12.8 Å². The highest BCUT2D eigenvalue weighted by atomic mass is 28.3. The minimum absolute atomic E-state index is 0.00240. The lowest BCUT2D eigenvalue weighted by molar-refractivity contribution is 0.0757. The van der Waals surface area contributed by atoms with Crippen LogP contribution in [0, 0.1) is 11.8 Å². The summed E-state index contributed by atoms with van der Waals surface area (Å²) >= 11 is 0. The van der Waals surface area contributed by atoms with Crippen molar-refractivity contribution >= 4 is 24.8 Å². The molecule has 0 fully saturated rings. The molecule has 2 aromatic rings. The van der Waals surface area contributed by atoms with Crippen LogP contribution in [-0.4, -0.2) is 24.7 Å². The first-order valence-corrected chi connectivity index (χ1v) is 14.1. The maximum atomic E-state index is 13.5. The van der Waals surface area contributed by atoms with Gasteiger partial charge >= 0.3 is 0 Å². The van der Waals surface area contributed by atoms with E-state index in [1.807, 2.05) is 6.07 Å². The van der Waals surface area contributed by atoms with Crippen LogP contribution in [0.2, 0.25) is 18.1 Å². The van der Waals surface area contributed by atoms with Crippen LogP contribution in [0.5, 0.6) is 0 Å². The molecule has 3 aliphatic carbocycles. The molecule has 0 spiro atoms. The standard InChI is InChI=1S/C27H28O3Si/c1-27(31(2,3)18-8-5-4-6-9-18)15-14-19-17(16-27)12-13-21-23(19)25(29)20-10-7-11-22(28)24(20)26(21)30/h4-13,20,24,28H,14-16H2,1-3H3. The monoisotopic (exact) mass is 428 g/mol. The van der Waals surface area contributed by atoms with Crippen molar-refractivity contribution in [3.05, 3.63) is 88.7 Å². The van der Waals surface area contributed by atoms with E-state index in [1.165, 1.54) is 16.8 Å². The van der Waals surface area contributed by atoms with E-state index in [-0.39, 0.29) is 22.4 Å². The Bertz CT molecular complexity index is 1160. The summed E-state index contributed by atoms with van der Waals surface area (Å²) in [5.74, 6) is -1.50. The molecule has 3 aliphatic rings. The zero-order chi connectivity index (χ0) is 22.0. The summed E-state index contributed by atoms with van der Waals surface area (Å²) in [7, 11) is -1.78. The molecule has 31 heavy (non-hydrogen) atoms. The van der Waals surface area contributed by atoms with Crippen molar-refractivity contribution in [2.24, 2.45) is 11.8 Å². The Labute approximate surface area is 184 Å². The molecule has 0 amide bonds. The molecule has 0 aliphatic heterocycles. The zero-order valence-electron chi connectivity index (χ0n) is 18.3. The zero-order valence-corrected chi connectivity index (χ0v) is 19.3. The molecule has 0 saturated heterocycles. The summed E-state index contributed by atoms with van der Waals surface area (Å²) in [6, 6.07) is 14.7. The fourth-order valence-corrected chi connectivity index (χ4v) is 8.92. The Kier molecular flexibility index (Phi) is 4.49. The smallest absolute Gasteiger partial charge is 0.175 e. The predicted molar refractivity (Wildman–Crippen MR) is 126 cm³/mol. The van der Waals surface area contributed by atoms with Gasteiger partial charge in [-0.05, 0) is 41.5 Å². The van der Waals surface area contributed by atoms with Gasteiger partial charge in [-0.25, -0.2) is 0 Å². The number of Topliss-reactive ketones (excluding diaryl/α,β-unsaturated/α-hetero) is 2. The highest BCUT2D eigenvalue weighted by Crippen LogP contribution is 2.50. The lowest BCUT2D eigenvalue weighted by Crippen LogP contribution is -2.53. The number of aliphatic hydroxyl groups is 1. The predicted octanol–water partition coefficient (Wildman–Crippen LogP) is 5.17. The molecule has 0 heterocycles. The minimum atomic E-state index is -1.78. The van der Waals surface area contributed by atoms with Gasteiger partial charge in [0, 0.05) is 11.1 Å². The summed E-state index contributed by atoms with van der Waals surface area (Å²) in [6.45, 7) is 7.31. The third-order valence-electron chi connectivity index (χ3n) is 8.28. The number of hydrogen-bond acceptors (Lipinski definition) is 3. The number of fused-ring (bicyclic) bond motifs is 4. The largest absolute Gasteiger partial charge is 0.512 e. The second-order valence-electron chi connectivity index (χ2n) is 10.1. The van der Waals surface area contributed by atoms with Gasteiger partial charge in [-0.3, -0.25) is 9.59 Å². The maximum absolute atomic E-state index is 13.5. The molecule has 4 heteroatoms. The van der Waals surface area contributed by atoms with Gasteiger partial charge in [0.15, 0.2) is 11.6 Å². The second kappa shape index (κ2) is 6.89. The third kappa shape index (κ3) is 2.84. The molecule has 3 atom stereocenters. The van der Waals surface area contributed by atoms with E-state index in [0.29, 0.717) is 11.1 Å². The maximum Gasteiger partial charge on any atom is 0.175 e. The molecular weight excluding hydrogens is 400 g/mol. The van der Waals surface area contributed by atoms with Crippen LogP contribution in [0.1, 0.15) is 45.2 Å². The highest BCUT2D eigenvalue weighted by molar-refractivity contribution is 6.92. The average Bonchev–Trinajstić information content (AvgIpc) is 2.77. The molecule has 3 unspecified atom stereocenters. The summed E-state index contributed by atoms with van der Waals surface area (Å²) in [6.07, 6.45) is 7.75. The van der Waals surface area contributed by atoms with E-state index >= 15 is 0 Å². The summed E-state index contributed by atoms with van der Waals surface area (Å²) in [5, 5.41) is 11.9. The van der Waals surface area contributed by atoms with Gasteiger partial charge < -0.3 is 5.11 Å². The van der Waals surface area contributed by atoms with Gasteiger partial charge in [0.25, 0.3) is 0 Å². The number of carbonyl (C=O) groups excluding carboxylic acids is 2. The first-order chi connectivity index (χ1) is 14.7. The van der Waals surface area contributed by atoms with Crippen LogP contribution < -0.4 is 5.19 Å². The molecule has 0 aromatic heterocycles. The first-order valence-electron chi connectivity index (χ1n) is 11.1. The summed E-state index contributed by atoms with van der Waals surface area (Å²) in [5.41, 5.74) is 3.38. The Balaban J connectivity index is 1.57. The van der Waals surface area contributed by atoms with Crippen molar-refractivity contribution in [3.8, 4) is 0 Å². The molecule has 5 rings (SSSR count). The van der Waals surface area contributed by atoms with Crippen molar-refractivity contribution < 1.29 is 14.7 Å². The van der Waals surface area contributed by atoms with E-state index < -0.39 is 19.9 Å². The molecule has 0 bridgehead atoms. The number of rotatable bonds is 2. The molecule has 3 nitrogen and oxygen atoms in total. The van der Waals surface area contributed by atoms with E-state index in [0.717, 1.165) is 24.8 Å². The molecule has 1 N–H and O–H groups in total. The first kappa shape index (κ1) is 20.2. The van der Waals surface area contributed by atoms with Gasteiger partial charge in [-0.2, -0.15) is 0 Å². The molecule has 2 aromatic carbocycles. The Morgan fingerprint density at radius 3 is 2.52 bits per heavy atom. The van der Waals surface area contributed by atoms with E-state index in [9.17, 15) is 14.7 Å². The Hall–Kier alpha value is -2.72. The topological polar surface area (TPSA) is 54.4 Å². The van der Waals surface area contributed by atoms with Crippen LogP contribution in [0.3, 0.4) is 0 Å². The van der Waals surface area contributed by atoms with Crippen LogP contribution >= 0.6 is 0 Å². The van der Waals surface area contributed by atoms with Gasteiger partial charge in [-0.15, -0.1) is 0 Å². The Morgan fingerprint density at radius 2 is 1.77 bits per heavy atom. The average molecular weight is 429 g/mol. The number of hydrogen-bond donors (Lipinski definition) is 1. The van der Waals surface area contributed by atoms with Crippen LogP contribution in [0.15, 0.2) is 66.5 Å². The number of aliphatic hydroxyl groups excluding tert-OH is 1. The molecule has 158 valence electrons. The van der Waals surface area contributed by atoms with Crippen LogP contribution in [0.4, 0.5) is 0 Å². The Morgan fingerprint density at radius 1 is 1.03 bits per heavy atom. The molecule has 0 radical (unpaired) electrons. The minimum Gasteiger partial charge on any atom is -0.512 e. The van der Waals surface area contributed by atoms with Crippen molar-refractivity contribution in [3.63, 3.8) is 0 Å². The quantitative estimate of drug-likeness (QED) is 0.671. The number of carbonyl (C=O) groups is 2. The van der Waals surface area contributed by atoms with Gasteiger partial charge in [0.2, 0.25) is 0 Å². The van der Waals surface area contributed by atoms with Crippen molar-refractivity contribution in [1.29, 1.82) is 0 Å². The molecular formula is C27H28O3Si. The molecule has 0 saturated carbocycles. The van der Waals surface area contributed by atoms with Crippen molar-refractivity contribution in [1.82, 2.24) is 0 Å². The number of benzene rings is 2. The van der Waals surface area contributed by atoms with Gasteiger partial charge in [-0.1, -0.05) is 79.8 Å². The van der Waals surface area contributed by atoms with E-state index in [2.05, 4.69) is 56.4 Å². The fourth-order valence-electron chi connectivity index (χ4n) is 5.82. The lowest BCUT2D eigenvalue weighted by atomic mass is 9.68. The summed E-state index contributed by atoms with van der Waals surface area (Å²) < 4.78 is 0. The SMILES string of the molecule is CC1([Si](C)(C)c2ccccc2)CCc2c(ccc3c2C(=O)C2C=CC=C(O)C2C3=O)C1.